The van der Waals surface area contributed by atoms with E-state index in [0.29, 0.717) is 12.6 Å². The van der Waals surface area contributed by atoms with E-state index >= 15 is 0 Å². The lowest BCUT2D eigenvalue weighted by Gasteiger charge is -2.11. The molecule has 0 fully saturated rings. The minimum absolute atomic E-state index is 0.589. The standard InChI is InChI=1S/C14H31NO2/c1-5-14(4)15-8-10-17-12-11-16-9-6-7-13(2)3/h13-15H,5-12H2,1-4H3. The number of nitrogens with one attached hydrogen (secondary N) is 1. The summed E-state index contributed by atoms with van der Waals surface area (Å²) in [5.74, 6) is 0.779. The van der Waals surface area contributed by atoms with Crippen molar-refractivity contribution in [2.75, 3.05) is 33.0 Å². The molecule has 1 atom stereocenters. The van der Waals surface area contributed by atoms with Crippen LogP contribution in [0.15, 0.2) is 0 Å². The zero-order valence-corrected chi connectivity index (χ0v) is 12.1. The van der Waals surface area contributed by atoms with Crippen molar-refractivity contribution in [1.82, 2.24) is 5.32 Å². The van der Waals surface area contributed by atoms with Crippen LogP contribution < -0.4 is 5.32 Å². The molecule has 3 heteroatoms. The zero-order valence-electron chi connectivity index (χ0n) is 12.1. The molecule has 1 N–H and O–H groups in total. The van der Waals surface area contributed by atoms with Crippen molar-refractivity contribution in [1.29, 1.82) is 0 Å². The molecule has 0 aromatic carbocycles. The normalized spacial score (nSPS) is 13.2. The van der Waals surface area contributed by atoms with Crippen LogP contribution >= 0.6 is 0 Å². The second-order valence-corrected chi connectivity index (χ2v) is 5.02. The first kappa shape index (κ1) is 16.9. The fourth-order valence-corrected chi connectivity index (χ4v) is 1.44. The molecule has 1 unspecified atom stereocenters. The Bertz CT molecular complexity index is 151. The second kappa shape index (κ2) is 12.3. The summed E-state index contributed by atoms with van der Waals surface area (Å²) >= 11 is 0. The van der Waals surface area contributed by atoms with Crippen molar-refractivity contribution in [3.63, 3.8) is 0 Å². The Kier molecular flexibility index (Phi) is 12.3. The van der Waals surface area contributed by atoms with Crippen LogP contribution in [-0.4, -0.2) is 39.0 Å². The fraction of sp³-hybridized carbons (Fsp3) is 1.00. The van der Waals surface area contributed by atoms with Gasteiger partial charge in [0.2, 0.25) is 0 Å². The Morgan fingerprint density at radius 2 is 1.59 bits per heavy atom. The Morgan fingerprint density at radius 1 is 0.941 bits per heavy atom. The van der Waals surface area contributed by atoms with E-state index in [-0.39, 0.29) is 0 Å². The first-order chi connectivity index (χ1) is 8.16. The maximum Gasteiger partial charge on any atom is 0.0701 e. The number of ether oxygens (including phenoxy) is 2. The smallest absolute Gasteiger partial charge is 0.0701 e. The summed E-state index contributed by atoms with van der Waals surface area (Å²) < 4.78 is 11.0. The summed E-state index contributed by atoms with van der Waals surface area (Å²) in [5.41, 5.74) is 0. The molecule has 0 spiro atoms. The van der Waals surface area contributed by atoms with Crippen LogP contribution in [0.2, 0.25) is 0 Å². The number of hydrogen-bond donors (Lipinski definition) is 1. The molecule has 0 rings (SSSR count). The van der Waals surface area contributed by atoms with E-state index < -0.39 is 0 Å². The van der Waals surface area contributed by atoms with Crippen molar-refractivity contribution in [3.8, 4) is 0 Å². The lowest BCUT2D eigenvalue weighted by atomic mass is 10.1. The van der Waals surface area contributed by atoms with Gasteiger partial charge in [0.1, 0.15) is 0 Å². The maximum atomic E-state index is 5.49. The summed E-state index contributed by atoms with van der Waals surface area (Å²) in [6.07, 6.45) is 3.58. The molecule has 0 aliphatic rings. The number of rotatable bonds is 12. The molecule has 0 saturated heterocycles. The summed E-state index contributed by atoms with van der Waals surface area (Å²) in [6.45, 7) is 12.9. The van der Waals surface area contributed by atoms with Gasteiger partial charge >= 0.3 is 0 Å². The summed E-state index contributed by atoms with van der Waals surface area (Å²) in [6, 6.07) is 0.589. The van der Waals surface area contributed by atoms with E-state index in [9.17, 15) is 0 Å². The maximum absolute atomic E-state index is 5.49. The molecule has 0 amide bonds. The Labute approximate surface area is 107 Å². The summed E-state index contributed by atoms with van der Waals surface area (Å²) in [4.78, 5) is 0. The second-order valence-electron chi connectivity index (χ2n) is 5.02. The van der Waals surface area contributed by atoms with E-state index in [0.717, 1.165) is 38.7 Å². The van der Waals surface area contributed by atoms with Gasteiger partial charge in [-0.25, -0.2) is 0 Å². The van der Waals surface area contributed by atoms with Crippen molar-refractivity contribution >= 4 is 0 Å². The van der Waals surface area contributed by atoms with Gasteiger partial charge in [0.15, 0.2) is 0 Å². The van der Waals surface area contributed by atoms with Crippen LogP contribution in [0.5, 0.6) is 0 Å². The van der Waals surface area contributed by atoms with Crippen LogP contribution in [0.1, 0.15) is 47.0 Å². The predicted molar refractivity (Wildman–Crippen MR) is 73.5 cm³/mol. The van der Waals surface area contributed by atoms with Gasteiger partial charge in [0, 0.05) is 19.2 Å². The van der Waals surface area contributed by atoms with Gasteiger partial charge in [-0.15, -0.1) is 0 Å². The molecule has 0 aliphatic heterocycles. The molecule has 0 aromatic rings. The average molecular weight is 245 g/mol. The SMILES string of the molecule is CCC(C)NCCOCCOCCCC(C)C. The highest BCUT2D eigenvalue weighted by Crippen LogP contribution is 2.02. The molecule has 0 bridgehead atoms. The quantitative estimate of drug-likeness (QED) is 0.536. The van der Waals surface area contributed by atoms with Crippen LogP contribution in [0.25, 0.3) is 0 Å². The lowest BCUT2D eigenvalue weighted by Crippen LogP contribution is -2.29. The summed E-state index contributed by atoms with van der Waals surface area (Å²) in [7, 11) is 0. The molecular formula is C14H31NO2. The van der Waals surface area contributed by atoms with E-state index in [1.165, 1.54) is 12.8 Å². The zero-order chi connectivity index (χ0) is 12.9. The van der Waals surface area contributed by atoms with Crippen LogP contribution in [0.4, 0.5) is 0 Å². The first-order valence-electron chi connectivity index (χ1n) is 7.05. The van der Waals surface area contributed by atoms with Gasteiger partial charge in [0.25, 0.3) is 0 Å². The van der Waals surface area contributed by atoms with Crippen LogP contribution in [-0.2, 0) is 9.47 Å². The average Bonchev–Trinajstić information content (AvgIpc) is 2.30. The minimum Gasteiger partial charge on any atom is -0.379 e. The van der Waals surface area contributed by atoms with Gasteiger partial charge < -0.3 is 14.8 Å². The number of hydrogen-bond acceptors (Lipinski definition) is 3. The Morgan fingerprint density at radius 3 is 2.18 bits per heavy atom. The molecule has 0 aliphatic carbocycles. The van der Waals surface area contributed by atoms with Crippen molar-refractivity contribution in [2.45, 2.75) is 53.0 Å². The summed E-state index contributed by atoms with van der Waals surface area (Å²) in [5, 5.41) is 3.39. The van der Waals surface area contributed by atoms with Crippen molar-refractivity contribution in [2.24, 2.45) is 5.92 Å². The molecule has 0 aromatic heterocycles. The van der Waals surface area contributed by atoms with E-state index in [1.54, 1.807) is 0 Å². The van der Waals surface area contributed by atoms with E-state index in [2.05, 4.69) is 33.0 Å². The minimum atomic E-state index is 0.589. The van der Waals surface area contributed by atoms with Crippen molar-refractivity contribution < 1.29 is 9.47 Å². The molecule has 0 saturated carbocycles. The molecule has 3 nitrogen and oxygen atoms in total. The molecule has 0 radical (unpaired) electrons. The van der Waals surface area contributed by atoms with E-state index in [1.807, 2.05) is 0 Å². The Balaban J connectivity index is 2.99. The van der Waals surface area contributed by atoms with Gasteiger partial charge in [-0.1, -0.05) is 20.8 Å². The first-order valence-corrected chi connectivity index (χ1v) is 7.05. The Hall–Kier alpha value is -0.120. The monoisotopic (exact) mass is 245 g/mol. The largest absolute Gasteiger partial charge is 0.379 e. The topological polar surface area (TPSA) is 30.5 Å². The third-order valence-electron chi connectivity index (χ3n) is 2.79. The van der Waals surface area contributed by atoms with Crippen LogP contribution in [0, 0.1) is 5.92 Å². The van der Waals surface area contributed by atoms with Gasteiger partial charge in [-0.3, -0.25) is 0 Å². The van der Waals surface area contributed by atoms with Gasteiger partial charge in [-0.05, 0) is 32.1 Å². The molecule has 104 valence electrons. The highest BCUT2D eigenvalue weighted by Gasteiger charge is 1.96. The lowest BCUT2D eigenvalue weighted by molar-refractivity contribution is 0.0462. The highest BCUT2D eigenvalue weighted by molar-refractivity contribution is 4.56. The third kappa shape index (κ3) is 13.8. The molecule has 17 heavy (non-hydrogen) atoms. The third-order valence-corrected chi connectivity index (χ3v) is 2.79. The fourth-order valence-electron chi connectivity index (χ4n) is 1.44. The predicted octanol–water partition coefficient (Wildman–Crippen LogP) is 2.84. The molecule has 0 heterocycles. The van der Waals surface area contributed by atoms with Crippen LogP contribution in [0.3, 0.4) is 0 Å². The van der Waals surface area contributed by atoms with E-state index in [4.69, 9.17) is 9.47 Å². The highest BCUT2D eigenvalue weighted by atomic mass is 16.5. The van der Waals surface area contributed by atoms with Gasteiger partial charge in [0.05, 0.1) is 19.8 Å². The van der Waals surface area contributed by atoms with Gasteiger partial charge in [-0.2, -0.15) is 0 Å². The van der Waals surface area contributed by atoms with Crippen molar-refractivity contribution in [3.05, 3.63) is 0 Å². The molecular weight excluding hydrogens is 214 g/mol.